The van der Waals surface area contributed by atoms with Crippen LogP contribution in [0.3, 0.4) is 0 Å². The van der Waals surface area contributed by atoms with Crippen molar-refractivity contribution in [3.05, 3.63) is 58.8 Å². The first-order chi connectivity index (χ1) is 16.5. The molecule has 5 rings (SSSR count). The van der Waals surface area contributed by atoms with Crippen LogP contribution in [-0.4, -0.2) is 42.4 Å². The molecule has 0 spiro atoms. The summed E-state index contributed by atoms with van der Waals surface area (Å²) in [5.74, 6) is 0.00703. The number of thiophene rings is 1. The number of rotatable bonds is 8. The Morgan fingerprint density at radius 1 is 1.18 bits per heavy atom. The number of nitrogens with one attached hydrogen (secondary N) is 2. The van der Waals surface area contributed by atoms with E-state index in [2.05, 4.69) is 25.8 Å². The number of hydrogen-bond donors (Lipinski definition) is 2. The zero-order valence-corrected chi connectivity index (χ0v) is 19.8. The Morgan fingerprint density at radius 3 is 2.82 bits per heavy atom. The molecule has 4 aromatic heterocycles. The van der Waals surface area contributed by atoms with Crippen molar-refractivity contribution in [1.82, 2.24) is 29.9 Å². The van der Waals surface area contributed by atoms with Gasteiger partial charge in [-0.2, -0.15) is 10.2 Å². The Hall–Kier alpha value is -3.53. The molecule has 0 bridgehead atoms. The Bertz CT molecular complexity index is 1300. The fourth-order valence-electron chi connectivity index (χ4n) is 4.52. The van der Waals surface area contributed by atoms with Crippen molar-refractivity contribution >= 4 is 39.9 Å². The average molecular weight is 478 g/mol. The van der Waals surface area contributed by atoms with E-state index in [4.69, 9.17) is 0 Å². The zero-order valence-electron chi connectivity index (χ0n) is 19.0. The number of carbonyl (C=O) groups is 2. The number of pyridine rings is 1. The van der Waals surface area contributed by atoms with Gasteiger partial charge in [0.2, 0.25) is 5.91 Å². The predicted molar refractivity (Wildman–Crippen MR) is 131 cm³/mol. The first-order valence-corrected chi connectivity index (χ1v) is 12.3. The maximum absolute atomic E-state index is 13.1. The van der Waals surface area contributed by atoms with E-state index in [-0.39, 0.29) is 11.8 Å². The summed E-state index contributed by atoms with van der Waals surface area (Å²) in [6, 6.07) is 6.99. The molecule has 0 saturated heterocycles. The van der Waals surface area contributed by atoms with Gasteiger partial charge in [0.05, 0.1) is 29.5 Å². The summed E-state index contributed by atoms with van der Waals surface area (Å²) < 4.78 is 3.46. The highest BCUT2D eigenvalue weighted by Crippen LogP contribution is 2.29. The van der Waals surface area contributed by atoms with Crippen LogP contribution in [-0.2, 0) is 18.4 Å². The lowest BCUT2D eigenvalue weighted by atomic mass is 9.97. The van der Waals surface area contributed by atoms with Crippen molar-refractivity contribution in [3.63, 3.8) is 0 Å². The molecule has 1 aliphatic rings. The van der Waals surface area contributed by atoms with Gasteiger partial charge in [-0.25, -0.2) is 9.67 Å². The summed E-state index contributed by atoms with van der Waals surface area (Å²) in [5.41, 5.74) is 1.43. The van der Waals surface area contributed by atoms with Gasteiger partial charge in [0.25, 0.3) is 5.91 Å². The molecule has 0 radical (unpaired) electrons. The highest BCUT2D eigenvalue weighted by molar-refractivity contribution is 7.14. The third kappa shape index (κ3) is 5.01. The molecular formula is C24H27N7O2S. The summed E-state index contributed by atoms with van der Waals surface area (Å²) in [6.07, 6.45) is 12.1. The van der Waals surface area contributed by atoms with Crippen molar-refractivity contribution in [1.29, 1.82) is 0 Å². The molecule has 4 heterocycles. The number of amides is 2. The summed E-state index contributed by atoms with van der Waals surface area (Å²) in [4.78, 5) is 32.1. The maximum Gasteiger partial charge on any atom is 0.262 e. The molecule has 176 valence electrons. The Balaban J connectivity index is 1.27. The molecule has 1 saturated carbocycles. The van der Waals surface area contributed by atoms with Crippen molar-refractivity contribution in [3.8, 4) is 0 Å². The normalized spacial score (nSPS) is 15.0. The lowest BCUT2D eigenvalue weighted by Gasteiger charge is -2.21. The number of aromatic nitrogens is 5. The SMILES string of the molecule is Cn1cc(NC(=O)[C@H](CC2CCCC2)NC(=O)c2ccc(Cn3ncc4cccnc43)s2)cn1. The second kappa shape index (κ2) is 9.76. The van der Waals surface area contributed by atoms with Crippen LogP contribution in [0.15, 0.2) is 49.1 Å². The van der Waals surface area contributed by atoms with Gasteiger partial charge < -0.3 is 10.6 Å². The van der Waals surface area contributed by atoms with E-state index in [0.717, 1.165) is 28.8 Å². The molecule has 0 aliphatic heterocycles. The quantitative estimate of drug-likeness (QED) is 0.403. The number of anilines is 1. The van der Waals surface area contributed by atoms with E-state index in [0.29, 0.717) is 29.4 Å². The van der Waals surface area contributed by atoms with E-state index in [1.165, 1.54) is 24.2 Å². The summed E-state index contributed by atoms with van der Waals surface area (Å²) in [7, 11) is 1.80. The van der Waals surface area contributed by atoms with Gasteiger partial charge in [-0.3, -0.25) is 14.3 Å². The first-order valence-electron chi connectivity index (χ1n) is 11.5. The molecule has 9 nitrogen and oxygen atoms in total. The third-order valence-electron chi connectivity index (χ3n) is 6.23. The standard InChI is InChI=1S/C24H27N7O2S/c1-30-14-18(13-26-30)28-23(32)20(11-16-5-2-3-6-16)29-24(33)21-9-8-19(34-21)15-31-22-17(12-27-31)7-4-10-25-22/h4,7-10,12-14,16,20H,2-3,5-6,11,15H2,1H3,(H,28,32)(H,29,33)/t20-/m0/s1. The molecule has 10 heteroatoms. The predicted octanol–water partition coefficient (Wildman–Crippen LogP) is 3.59. The second-order valence-electron chi connectivity index (χ2n) is 8.79. The number of carbonyl (C=O) groups excluding carboxylic acids is 2. The minimum absolute atomic E-state index is 0.209. The largest absolute Gasteiger partial charge is 0.340 e. The Labute approximate surface area is 201 Å². The second-order valence-corrected chi connectivity index (χ2v) is 9.96. The van der Waals surface area contributed by atoms with Crippen molar-refractivity contribution in [2.45, 2.75) is 44.7 Å². The average Bonchev–Trinajstić information content (AvgIpc) is 3.63. The number of fused-ring (bicyclic) bond motifs is 1. The molecule has 0 unspecified atom stereocenters. The number of hydrogen-bond acceptors (Lipinski definition) is 6. The molecule has 1 fully saturated rings. The minimum Gasteiger partial charge on any atom is -0.340 e. The lowest BCUT2D eigenvalue weighted by molar-refractivity contribution is -0.118. The fourth-order valence-corrected chi connectivity index (χ4v) is 5.41. The van der Waals surface area contributed by atoms with Gasteiger partial charge in [-0.05, 0) is 36.6 Å². The monoisotopic (exact) mass is 477 g/mol. The molecule has 1 aliphatic carbocycles. The summed E-state index contributed by atoms with van der Waals surface area (Å²) in [5, 5.41) is 15.4. The molecule has 4 aromatic rings. The van der Waals surface area contributed by atoms with E-state index in [1.807, 2.05) is 22.9 Å². The van der Waals surface area contributed by atoms with Gasteiger partial charge in [0, 0.05) is 29.7 Å². The topological polar surface area (TPSA) is 107 Å². The van der Waals surface area contributed by atoms with Crippen molar-refractivity contribution < 1.29 is 9.59 Å². The molecule has 2 amide bonds. The summed E-state index contributed by atoms with van der Waals surface area (Å²) in [6.45, 7) is 0.533. The van der Waals surface area contributed by atoms with Crippen molar-refractivity contribution in [2.75, 3.05) is 5.32 Å². The smallest absolute Gasteiger partial charge is 0.262 e. The van der Waals surface area contributed by atoms with E-state index < -0.39 is 6.04 Å². The van der Waals surface area contributed by atoms with Crippen LogP contribution in [0.25, 0.3) is 11.0 Å². The van der Waals surface area contributed by atoms with Crippen LogP contribution in [0.5, 0.6) is 0 Å². The van der Waals surface area contributed by atoms with Crippen molar-refractivity contribution in [2.24, 2.45) is 13.0 Å². The Morgan fingerprint density at radius 2 is 2.03 bits per heavy atom. The highest BCUT2D eigenvalue weighted by Gasteiger charge is 2.27. The van der Waals surface area contributed by atoms with Crippen LogP contribution in [0.2, 0.25) is 0 Å². The van der Waals surface area contributed by atoms with Gasteiger partial charge in [0.1, 0.15) is 6.04 Å². The zero-order chi connectivity index (χ0) is 23.5. The van der Waals surface area contributed by atoms with Gasteiger partial charge in [-0.1, -0.05) is 25.7 Å². The van der Waals surface area contributed by atoms with Crippen LogP contribution in [0.1, 0.15) is 46.7 Å². The molecule has 34 heavy (non-hydrogen) atoms. The van der Waals surface area contributed by atoms with Crippen LogP contribution in [0, 0.1) is 5.92 Å². The van der Waals surface area contributed by atoms with Crippen LogP contribution < -0.4 is 10.6 Å². The number of nitrogens with zero attached hydrogens (tertiary/aromatic N) is 5. The van der Waals surface area contributed by atoms with E-state index in [9.17, 15) is 9.59 Å². The Kier molecular flexibility index (Phi) is 6.39. The minimum atomic E-state index is -0.597. The third-order valence-corrected chi connectivity index (χ3v) is 7.30. The molecule has 1 atom stereocenters. The fraction of sp³-hybridized carbons (Fsp3) is 0.375. The van der Waals surface area contributed by atoms with Crippen LogP contribution in [0.4, 0.5) is 5.69 Å². The van der Waals surface area contributed by atoms with E-state index in [1.54, 1.807) is 42.6 Å². The van der Waals surface area contributed by atoms with Crippen LogP contribution >= 0.6 is 11.3 Å². The summed E-state index contributed by atoms with van der Waals surface area (Å²) >= 11 is 1.41. The van der Waals surface area contributed by atoms with Gasteiger partial charge in [0.15, 0.2) is 5.65 Å². The molecule has 0 aromatic carbocycles. The number of aryl methyl sites for hydroxylation is 1. The van der Waals surface area contributed by atoms with Gasteiger partial charge in [-0.15, -0.1) is 11.3 Å². The maximum atomic E-state index is 13.1. The highest BCUT2D eigenvalue weighted by atomic mass is 32.1. The van der Waals surface area contributed by atoms with Gasteiger partial charge >= 0.3 is 0 Å². The molecule has 2 N–H and O–H groups in total. The molecular weight excluding hydrogens is 450 g/mol. The lowest BCUT2D eigenvalue weighted by Crippen LogP contribution is -2.44. The first kappa shape index (κ1) is 22.3. The van der Waals surface area contributed by atoms with E-state index >= 15 is 0 Å².